The van der Waals surface area contributed by atoms with E-state index < -0.39 is 6.10 Å². The Balaban J connectivity index is 2.20. The van der Waals surface area contributed by atoms with Gasteiger partial charge < -0.3 is 5.11 Å². The number of aromatic nitrogens is 2. The third-order valence-electron chi connectivity index (χ3n) is 3.59. The van der Waals surface area contributed by atoms with Crippen molar-refractivity contribution in [3.05, 3.63) is 52.8 Å². The summed E-state index contributed by atoms with van der Waals surface area (Å²) < 4.78 is 1.87. The molecular weight excluding hydrogens is 236 g/mol. The first-order valence-electron chi connectivity index (χ1n) is 6.93. The molecule has 0 aliphatic carbocycles. The maximum absolute atomic E-state index is 10.5. The molecule has 0 aliphatic rings. The first-order chi connectivity index (χ1) is 9.15. The van der Waals surface area contributed by atoms with E-state index in [1.165, 1.54) is 5.56 Å². The van der Waals surface area contributed by atoms with E-state index in [9.17, 15) is 5.11 Å². The van der Waals surface area contributed by atoms with Crippen molar-refractivity contribution in [3.8, 4) is 0 Å². The zero-order valence-electron chi connectivity index (χ0n) is 11.9. The highest BCUT2D eigenvalue weighted by Crippen LogP contribution is 2.22. The lowest BCUT2D eigenvalue weighted by Gasteiger charge is -2.14. The molecule has 0 aliphatic heterocycles. The number of hydrogen-bond acceptors (Lipinski definition) is 2. The van der Waals surface area contributed by atoms with Crippen molar-refractivity contribution in [3.63, 3.8) is 0 Å². The van der Waals surface area contributed by atoms with E-state index in [1.54, 1.807) is 0 Å². The van der Waals surface area contributed by atoms with Crippen LogP contribution < -0.4 is 0 Å². The Morgan fingerprint density at radius 3 is 2.58 bits per heavy atom. The van der Waals surface area contributed by atoms with Gasteiger partial charge in [-0.3, -0.25) is 4.68 Å². The normalized spacial score (nSPS) is 12.6. The van der Waals surface area contributed by atoms with E-state index in [0.29, 0.717) is 6.42 Å². The van der Waals surface area contributed by atoms with Crippen molar-refractivity contribution in [1.82, 2.24) is 9.78 Å². The molecule has 1 aromatic heterocycles. The first-order valence-corrected chi connectivity index (χ1v) is 6.93. The molecule has 0 spiro atoms. The van der Waals surface area contributed by atoms with Gasteiger partial charge in [-0.15, -0.1) is 0 Å². The molecule has 0 saturated carbocycles. The highest BCUT2D eigenvalue weighted by Gasteiger charge is 2.14. The first kappa shape index (κ1) is 13.8. The highest BCUT2D eigenvalue weighted by atomic mass is 16.3. The summed E-state index contributed by atoms with van der Waals surface area (Å²) in [6.45, 7) is 4.21. The standard InChI is InChI=1S/C16H22N2O/c1-4-12-8-6-7-9-15(12)16(19)11-14-10-13(5-2)17-18(14)3/h6-10,16,19H,4-5,11H2,1-3H3. The van der Waals surface area contributed by atoms with Gasteiger partial charge in [0.25, 0.3) is 0 Å². The number of aliphatic hydroxyl groups is 1. The van der Waals surface area contributed by atoms with Crippen molar-refractivity contribution in [2.75, 3.05) is 0 Å². The fraction of sp³-hybridized carbons (Fsp3) is 0.438. The molecule has 0 bridgehead atoms. The van der Waals surface area contributed by atoms with E-state index in [2.05, 4.69) is 31.1 Å². The molecule has 0 saturated heterocycles. The summed E-state index contributed by atoms with van der Waals surface area (Å²) in [6, 6.07) is 10.2. The van der Waals surface area contributed by atoms with Gasteiger partial charge in [0.05, 0.1) is 11.8 Å². The van der Waals surface area contributed by atoms with Crippen LogP contribution in [0.25, 0.3) is 0 Å². The quantitative estimate of drug-likeness (QED) is 0.895. The predicted octanol–water partition coefficient (Wildman–Crippen LogP) is 2.82. The number of nitrogens with zero attached hydrogens (tertiary/aromatic N) is 2. The summed E-state index contributed by atoms with van der Waals surface area (Å²) in [4.78, 5) is 0. The molecule has 102 valence electrons. The Morgan fingerprint density at radius 1 is 1.21 bits per heavy atom. The van der Waals surface area contributed by atoms with E-state index in [-0.39, 0.29) is 0 Å². The fourth-order valence-corrected chi connectivity index (χ4v) is 2.42. The van der Waals surface area contributed by atoms with E-state index >= 15 is 0 Å². The van der Waals surface area contributed by atoms with Gasteiger partial charge in [0.1, 0.15) is 0 Å². The smallest absolute Gasteiger partial charge is 0.0847 e. The van der Waals surface area contributed by atoms with Crippen LogP contribution in [0.4, 0.5) is 0 Å². The number of rotatable bonds is 5. The monoisotopic (exact) mass is 258 g/mol. The molecule has 0 radical (unpaired) electrons. The summed E-state index contributed by atoms with van der Waals surface area (Å²) in [5, 5.41) is 14.9. The summed E-state index contributed by atoms with van der Waals surface area (Å²) >= 11 is 0. The maximum Gasteiger partial charge on any atom is 0.0847 e. The van der Waals surface area contributed by atoms with Crippen molar-refractivity contribution >= 4 is 0 Å². The zero-order valence-corrected chi connectivity index (χ0v) is 11.9. The molecule has 2 rings (SSSR count). The largest absolute Gasteiger partial charge is 0.388 e. The van der Waals surface area contributed by atoms with Crippen molar-refractivity contribution in [1.29, 1.82) is 0 Å². The molecule has 0 fully saturated rings. The Hall–Kier alpha value is -1.61. The molecule has 0 amide bonds. The summed E-state index contributed by atoms with van der Waals surface area (Å²) in [7, 11) is 1.94. The van der Waals surface area contributed by atoms with Gasteiger partial charge in [-0.05, 0) is 30.0 Å². The van der Waals surface area contributed by atoms with Gasteiger partial charge in [0.15, 0.2) is 0 Å². The maximum atomic E-state index is 10.5. The Morgan fingerprint density at radius 2 is 1.95 bits per heavy atom. The fourth-order valence-electron chi connectivity index (χ4n) is 2.42. The van der Waals surface area contributed by atoms with Crippen molar-refractivity contribution in [2.45, 2.75) is 39.2 Å². The Kier molecular flexibility index (Phi) is 4.38. The van der Waals surface area contributed by atoms with Gasteiger partial charge in [-0.1, -0.05) is 38.1 Å². The zero-order chi connectivity index (χ0) is 13.8. The molecule has 1 heterocycles. The third-order valence-corrected chi connectivity index (χ3v) is 3.59. The van der Waals surface area contributed by atoms with Gasteiger partial charge in [-0.2, -0.15) is 5.10 Å². The van der Waals surface area contributed by atoms with Crippen LogP contribution >= 0.6 is 0 Å². The van der Waals surface area contributed by atoms with Crippen LogP contribution in [0.3, 0.4) is 0 Å². The number of aryl methyl sites for hydroxylation is 3. The van der Waals surface area contributed by atoms with Crippen molar-refractivity contribution in [2.24, 2.45) is 7.05 Å². The molecular formula is C16H22N2O. The van der Waals surface area contributed by atoms with E-state index in [0.717, 1.165) is 29.8 Å². The lowest BCUT2D eigenvalue weighted by atomic mass is 9.97. The number of hydrogen-bond donors (Lipinski definition) is 1. The number of aliphatic hydroxyl groups excluding tert-OH is 1. The van der Waals surface area contributed by atoms with Crippen LogP contribution in [0.2, 0.25) is 0 Å². The van der Waals surface area contributed by atoms with E-state index in [4.69, 9.17) is 0 Å². The second kappa shape index (κ2) is 6.02. The summed E-state index contributed by atoms with van der Waals surface area (Å²) in [5.41, 5.74) is 4.40. The minimum atomic E-state index is -0.462. The summed E-state index contributed by atoms with van der Waals surface area (Å²) in [6.07, 6.45) is 2.02. The van der Waals surface area contributed by atoms with Gasteiger partial charge in [0.2, 0.25) is 0 Å². The second-order valence-electron chi connectivity index (χ2n) is 4.88. The average Bonchev–Trinajstić information content (AvgIpc) is 2.79. The van der Waals surface area contributed by atoms with Crippen LogP contribution in [0.5, 0.6) is 0 Å². The van der Waals surface area contributed by atoms with Crippen LogP contribution in [0.15, 0.2) is 30.3 Å². The topological polar surface area (TPSA) is 38.0 Å². The Bertz CT molecular complexity index is 545. The van der Waals surface area contributed by atoms with Crippen LogP contribution in [-0.2, 0) is 26.3 Å². The molecule has 1 N–H and O–H groups in total. The van der Waals surface area contributed by atoms with Crippen LogP contribution in [-0.4, -0.2) is 14.9 Å². The molecule has 3 heteroatoms. The van der Waals surface area contributed by atoms with E-state index in [1.807, 2.05) is 29.9 Å². The second-order valence-corrected chi connectivity index (χ2v) is 4.88. The predicted molar refractivity (Wildman–Crippen MR) is 77.1 cm³/mol. The van der Waals surface area contributed by atoms with Gasteiger partial charge >= 0.3 is 0 Å². The third kappa shape index (κ3) is 3.04. The molecule has 19 heavy (non-hydrogen) atoms. The Labute approximate surface area is 114 Å². The SMILES string of the molecule is CCc1cc(CC(O)c2ccccc2CC)n(C)n1. The minimum absolute atomic E-state index is 0.462. The highest BCUT2D eigenvalue weighted by molar-refractivity contribution is 5.30. The van der Waals surface area contributed by atoms with Crippen LogP contribution in [0.1, 0.15) is 42.5 Å². The van der Waals surface area contributed by atoms with Gasteiger partial charge in [0, 0.05) is 19.2 Å². The van der Waals surface area contributed by atoms with Gasteiger partial charge in [-0.25, -0.2) is 0 Å². The minimum Gasteiger partial charge on any atom is -0.388 e. The lowest BCUT2D eigenvalue weighted by Crippen LogP contribution is -2.08. The van der Waals surface area contributed by atoms with Crippen LogP contribution in [0, 0.1) is 0 Å². The van der Waals surface area contributed by atoms with Crippen molar-refractivity contribution < 1.29 is 5.11 Å². The number of benzene rings is 1. The molecule has 1 unspecified atom stereocenters. The molecule has 3 nitrogen and oxygen atoms in total. The average molecular weight is 258 g/mol. The molecule has 2 aromatic rings. The summed E-state index contributed by atoms with van der Waals surface area (Å²) in [5.74, 6) is 0. The molecule has 1 aromatic carbocycles. The molecule has 1 atom stereocenters. The lowest BCUT2D eigenvalue weighted by molar-refractivity contribution is 0.175.